The second-order valence-electron chi connectivity index (χ2n) is 4.10. The Kier molecular flexibility index (Phi) is 3.15. The molecular weight excluding hydrogens is 294 g/mol. The standard InChI is InChI=1S/C13H12BrN3O/c14-12-7-13(16-8-15-12)17-10-5-6-18-11-4-2-1-3-9(10)11/h1-4,7-8,10H,5-6H2,(H,15,16,17). The molecule has 0 fully saturated rings. The highest BCUT2D eigenvalue weighted by Crippen LogP contribution is 2.33. The normalized spacial score (nSPS) is 17.7. The zero-order valence-corrected chi connectivity index (χ0v) is 11.2. The predicted molar refractivity (Wildman–Crippen MR) is 72.6 cm³/mol. The van der Waals surface area contributed by atoms with E-state index >= 15 is 0 Å². The first-order valence-electron chi connectivity index (χ1n) is 5.79. The second-order valence-corrected chi connectivity index (χ2v) is 4.91. The van der Waals surface area contributed by atoms with Gasteiger partial charge in [0.1, 0.15) is 22.5 Å². The molecule has 0 aliphatic carbocycles. The largest absolute Gasteiger partial charge is 0.493 e. The minimum absolute atomic E-state index is 0.233. The van der Waals surface area contributed by atoms with Gasteiger partial charge in [-0.3, -0.25) is 0 Å². The van der Waals surface area contributed by atoms with Gasteiger partial charge in [-0.2, -0.15) is 0 Å². The van der Waals surface area contributed by atoms with Gasteiger partial charge in [0.25, 0.3) is 0 Å². The Labute approximate surface area is 114 Å². The van der Waals surface area contributed by atoms with Gasteiger partial charge in [0.05, 0.1) is 12.6 Å². The number of aromatic nitrogens is 2. The molecule has 1 atom stereocenters. The Morgan fingerprint density at radius 1 is 1.28 bits per heavy atom. The van der Waals surface area contributed by atoms with Crippen LogP contribution in [0.1, 0.15) is 18.0 Å². The van der Waals surface area contributed by atoms with Gasteiger partial charge in [-0.15, -0.1) is 0 Å². The first-order valence-corrected chi connectivity index (χ1v) is 6.58. The number of nitrogens with zero attached hydrogens (tertiary/aromatic N) is 2. The molecule has 1 aliphatic heterocycles. The van der Waals surface area contributed by atoms with Crippen LogP contribution in [-0.2, 0) is 0 Å². The van der Waals surface area contributed by atoms with Crippen LogP contribution >= 0.6 is 15.9 Å². The van der Waals surface area contributed by atoms with Crippen LogP contribution < -0.4 is 10.1 Å². The minimum Gasteiger partial charge on any atom is -0.493 e. The average molecular weight is 306 g/mol. The molecule has 1 unspecified atom stereocenters. The molecule has 1 aliphatic rings. The summed E-state index contributed by atoms with van der Waals surface area (Å²) in [5.74, 6) is 1.77. The van der Waals surface area contributed by atoms with Crippen molar-refractivity contribution in [2.45, 2.75) is 12.5 Å². The third kappa shape index (κ3) is 2.31. The minimum atomic E-state index is 0.233. The molecule has 2 heterocycles. The van der Waals surface area contributed by atoms with E-state index in [1.54, 1.807) is 0 Å². The van der Waals surface area contributed by atoms with E-state index in [0.29, 0.717) is 0 Å². The number of hydrogen-bond acceptors (Lipinski definition) is 4. The van der Waals surface area contributed by atoms with Crippen molar-refractivity contribution in [2.24, 2.45) is 0 Å². The van der Waals surface area contributed by atoms with Crippen LogP contribution in [0.3, 0.4) is 0 Å². The van der Waals surface area contributed by atoms with Crippen LogP contribution in [0.2, 0.25) is 0 Å². The molecule has 0 amide bonds. The Hall–Kier alpha value is -1.62. The van der Waals surface area contributed by atoms with Crippen LogP contribution in [-0.4, -0.2) is 16.6 Å². The van der Waals surface area contributed by atoms with Crippen molar-refractivity contribution in [1.29, 1.82) is 0 Å². The van der Waals surface area contributed by atoms with E-state index in [4.69, 9.17) is 4.74 Å². The van der Waals surface area contributed by atoms with Gasteiger partial charge in [0.15, 0.2) is 0 Å². The summed E-state index contributed by atoms with van der Waals surface area (Å²) in [4.78, 5) is 8.23. The molecule has 1 N–H and O–H groups in total. The molecule has 0 radical (unpaired) electrons. The smallest absolute Gasteiger partial charge is 0.130 e. The average Bonchev–Trinajstić information content (AvgIpc) is 2.39. The fraction of sp³-hybridized carbons (Fsp3) is 0.231. The predicted octanol–water partition coefficient (Wildman–Crippen LogP) is 3.17. The van der Waals surface area contributed by atoms with Crippen molar-refractivity contribution < 1.29 is 4.74 Å². The molecule has 0 bridgehead atoms. The number of rotatable bonds is 2. The van der Waals surface area contributed by atoms with Crippen molar-refractivity contribution in [3.8, 4) is 5.75 Å². The Bertz CT molecular complexity index is 561. The number of nitrogens with one attached hydrogen (secondary N) is 1. The number of halogens is 1. The van der Waals surface area contributed by atoms with Gasteiger partial charge in [-0.25, -0.2) is 9.97 Å². The van der Waals surface area contributed by atoms with Crippen molar-refractivity contribution in [2.75, 3.05) is 11.9 Å². The third-order valence-corrected chi connectivity index (χ3v) is 3.35. The summed E-state index contributed by atoms with van der Waals surface area (Å²) in [7, 11) is 0. The Morgan fingerprint density at radius 2 is 2.17 bits per heavy atom. The van der Waals surface area contributed by atoms with E-state index in [1.165, 1.54) is 11.9 Å². The highest BCUT2D eigenvalue weighted by atomic mass is 79.9. The molecule has 0 spiro atoms. The van der Waals surface area contributed by atoms with Gasteiger partial charge < -0.3 is 10.1 Å². The van der Waals surface area contributed by atoms with Crippen LogP contribution in [0.25, 0.3) is 0 Å². The summed E-state index contributed by atoms with van der Waals surface area (Å²) in [5, 5.41) is 3.42. The quantitative estimate of drug-likeness (QED) is 0.866. The molecule has 0 saturated heterocycles. The first kappa shape index (κ1) is 11.5. The van der Waals surface area contributed by atoms with Crippen molar-refractivity contribution in [1.82, 2.24) is 9.97 Å². The van der Waals surface area contributed by atoms with Crippen molar-refractivity contribution >= 4 is 21.7 Å². The van der Waals surface area contributed by atoms with Gasteiger partial charge in [-0.1, -0.05) is 18.2 Å². The number of para-hydroxylation sites is 1. The molecule has 5 heteroatoms. The highest BCUT2D eigenvalue weighted by molar-refractivity contribution is 9.10. The van der Waals surface area contributed by atoms with Crippen LogP contribution in [0.4, 0.5) is 5.82 Å². The number of anilines is 1. The first-order chi connectivity index (χ1) is 8.83. The number of hydrogen-bond donors (Lipinski definition) is 1. The van der Waals surface area contributed by atoms with E-state index < -0.39 is 0 Å². The van der Waals surface area contributed by atoms with E-state index in [-0.39, 0.29) is 6.04 Å². The maximum atomic E-state index is 5.63. The molecular formula is C13H12BrN3O. The Balaban J connectivity index is 1.86. The fourth-order valence-corrected chi connectivity index (χ4v) is 2.39. The maximum absolute atomic E-state index is 5.63. The molecule has 1 aromatic carbocycles. The molecule has 3 rings (SSSR count). The maximum Gasteiger partial charge on any atom is 0.130 e. The summed E-state index contributed by atoms with van der Waals surface area (Å²) in [6, 6.07) is 10.2. The topological polar surface area (TPSA) is 47.0 Å². The number of ether oxygens (including phenoxy) is 1. The zero-order valence-electron chi connectivity index (χ0n) is 9.64. The molecule has 18 heavy (non-hydrogen) atoms. The fourth-order valence-electron chi connectivity index (χ4n) is 2.08. The summed E-state index contributed by atoms with van der Waals surface area (Å²) in [6.07, 6.45) is 2.47. The summed E-state index contributed by atoms with van der Waals surface area (Å²) in [5.41, 5.74) is 1.18. The molecule has 0 saturated carbocycles. The van der Waals surface area contributed by atoms with Crippen molar-refractivity contribution in [3.63, 3.8) is 0 Å². The van der Waals surface area contributed by atoms with E-state index in [9.17, 15) is 0 Å². The lowest BCUT2D eigenvalue weighted by Gasteiger charge is -2.26. The molecule has 4 nitrogen and oxygen atoms in total. The van der Waals surface area contributed by atoms with Gasteiger partial charge >= 0.3 is 0 Å². The molecule has 1 aromatic heterocycles. The van der Waals surface area contributed by atoms with Crippen LogP contribution in [0.5, 0.6) is 5.75 Å². The van der Waals surface area contributed by atoms with E-state index in [2.05, 4.69) is 37.3 Å². The SMILES string of the molecule is Brc1cc(NC2CCOc3ccccc32)ncn1. The van der Waals surface area contributed by atoms with Gasteiger partial charge in [-0.05, 0) is 22.0 Å². The monoisotopic (exact) mass is 305 g/mol. The van der Waals surface area contributed by atoms with Crippen LogP contribution in [0.15, 0.2) is 41.3 Å². The third-order valence-electron chi connectivity index (χ3n) is 2.91. The van der Waals surface area contributed by atoms with E-state index in [0.717, 1.165) is 29.2 Å². The van der Waals surface area contributed by atoms with Crippen molar-refractivity contribution in [3.05, 3.63) is 46.8 Å². The van der Waals surface area contributed by atoms with Gasteiger partial charge in [0.2, 0.25) is 0 Å². The number of benzene rings is 1. The Morgan fingerprint density at radius 3 is 3.06 bits per heavy atom. The molecule has 2 aromatic rings. The summed E-state index contributed by atoms with van der Waals surface area (Å²) in [6.45, 7) is 0.723. The lowest BCUT2D eigenvalue weighted by atomic mass is 10.0. The van der Waals surface area contributed by atoms with Gasteiger partial charge in [0, 0.05) is 18.1 Å². The van der Waals surface area contributed by atoms with E-state index in [1.807, 2.05) is 24.3 Å². The summed E-state index contributed by atoms with van der Waals surface area (Å²) < 4.78 is 6.41. The number of fused-ring (bicyclic) bond motifs is 1. The lowest BCUT2D eigenvalue weighted by Crippen LogP contribution is -2.20. The summed E-state index contributed by atoms with van der Waals surface area (Å²) >= 11 is 3.34. The highest BCUT2D eigenvalue weighted by Gasteiger charge is 2.21. The molecule has 92 valence electrons. The lowest BCUT2D eigenvalue weighted by molar-refractivity contribution is 0.274. The second kappa shape index (κ2) is 4.94. The zero-order chi connectivity index (χ0) is 12.4. The van der Waals surface area contributed by atoms with Crippen LogP contribution in [0, 0.1) is 0 Å².